The standard InChI is InChI=1S/C23H26N4O2/c1-16(2)22-21(14-25-27(22)18-8-6-17(3)7-9-18)23(28)26-12-10-20(15-26)29-19-5-4-11-24-13-19/h4-9,11,13-14,16,20H,10,12,15H2,1-3H3. The molecule has 6 nitrogen and oxygen atoms in total. The van der Waals surface area contributed by atoms with Gasteiger partial charge in [0.2, 0.25) is 0 Å². The van der Waals surface area contributed by atoms with Gasteiger partial charge in [0.15, 0.2) is 0 Å². The van der Waals surface area contributed by atoms with Crippen LogP contribution in [0.3, 0.4) is 0 Å². The van der Waals surface area contributed by atoms with E-state index < -0.39 is 0 Å². The molecule has 0 N–H and O–H groups in total. The molecule has 0 spiro atoms. The highest BCUT2D eigenvalue weighted by Crippen LogP contribution is 2.26. The topological polar surface area (TPSA) is 60.2 Å². The third-order valence-electron chi connectivity index (χ3n) is 5.23. The summed E-state index contributed by atoms with van der Waals surface area (Å²) >= 11 is 0. The van der Waals surface area contributed by atoms with Gasteiger partial charge in [-0.15, -0.1) is 0 Å². The van der Waals surface area contributed by atoms with Gasteiger partial charge < -0.3 is 9.64 Å². The Labute approximate surface area is 171 Å². The average Bonchev–Trinajstić information content (AvgIpc) is 3.36. The number of amides is 1. The summed E-state index contributed by atoms with van der Waals surface area (Å²) in [6.07, 6.45) is 5.91. The Bertz CT molecular complexity index is 980. The van der Waals surface area contributed by atoms with Crippen LogP contribution in [0.25, 0.3) is 5.69 Å². The van der Waals surface area contributed by atoms with Crippen LogP contribution in [0.15, 0.2) is 55.0 Å². The van der Waals surface area contributed by atoms with Crippen molar-refractivity contribution in [3.05, 3.63) is 71.8 Å². The largest absolute Gasteiger partial charge is 0.487 e. The zero-order valence-corrected chi connectivity index (χ0v) is 17.1. The molecule has 0 radical (unpaired) electrons. The van der Waals surface area contributed by atoms with Crippen molar-refractivity contribution in [2.75, 3.05) is 13.1 Å². The molecule has 0 saturated carbocycles. The monoisotopic (exact) mass is 390 g/mol. The maximum Gasteiger partial charge on any atom is 0.257 e. The number of likely N-dealkylation sites (tertiary alicyclic amines) is 1. The molecule has 1 unspecified atom stereocenters. The van der Waals surface area contributed by atoms with Crippen molar-refractivity contribution in [3.8, 4) is 11.4 Å². The highest BCUT2D eigenvalue weighted by Gasteiger charge is 2.31. The second-order valence-corrected chi connectivity index (χ2v) is 7.81. The van der Waals surface area contributed by atoms with E-state index in [1.54, 1.807) is 18.6 Å². The summed E-state index contributed by atoms with van der Waals surface area (Å²) in [5.41, 5.74) is 3.77. The molecule has 0 aliphatic carbocycles. The second kappa shape index (κ2) is 8.07. The van der Waals surface area contributed by atoms with Gasteiger partial charge in [0, 0.05) is 19.2 Å². The Hall–Kier alpha value is -3.15. The molecule has 4 rings (SSSR count). The zero-order chi connectivity index (χ0) is 20.4. The quantitative estimate of drug-likeness (QED) is 0.661. The number of hydrogen-bond acceptors (Lipinski definition) is 4. The van der Waals surface area contributed by atoms with Crippen molar-refractivity contribution >= 4 is 5.91 Å². The first kappa shape index (κ1) is 19.2. The molecule has 1 aliphatic heterocycles. The van der Waals surface area contributed by atoms with Gasteiger partial charge in [-0.3, -0.25) is 9.78 Å². The number of benzene rings is 1. The van der Waals surface area contributed by atoms with Crippen molar-refractivity contribution in [1.29, 1.82) is 0 Å². The summed E-state index contributed by atoms with van der Waals surface area (Å²) in [6.45, 7) is 7.49. The van der Waals surface area contributed by atoms with Crippen LogP contribution in [0.5, 0.6) is 5.75 Å². The second-order valence-electron chi connectivity index (χ2n) is 7.81. The number of aryl methyl sites for hydroxylation is 1. The first-order valence-corrected chi connectivity index (χ1v) is 10.0. The minimum atomic E-state index is -0.0159. The molecule has 29 heavy (non-hydrogen) atoms. The van der Waals surface area contributed by atoms with Crippen LogP contribution in [0.1, 0.15) is 47.8 Å². The van der Waals surface area contributed by atoms with Crippen LogP contribution >= 0.6 is 0 Å². The Kier molecular flexibility index (Phi) is 5.34. The van der Waals surface area contributed by atoms with Gasteiger partial charge >= 0.3 is 0 Å². The molecule has 1 atom stereocenters. The van der Waals surface area contributed by atoms with Crippen LogP contribution in [-0.2, 0) is 0 Å². The van der Waals surface area contributed by atoms with Crippen molar-refractivity contribution < 1.29 is 9.53 Å². The fraction of sp³-hybridized carbons (Fsp3) is 0.348. The summed E-state index contributed by atoms with van der Waals surface area (Å²) in [5.74, 6) is 0.925. The molecule has 6 heteroatoms. The third kappa shape index (κ3) is 4.01. The van der Waals surface area contributed by atoms with Crippen LogP contribution in [0.2, 0.25) is 0 Å². The minimum absolute atomic E-state index is 0.0159. The number of carbonyl (C=O) groups excluding carboxylic acids is 1. The molecule has 1 aromatic carbocycles. The van der Waals surface area contributed by atoms with Crippen molar-refractivity contribution in [1.82, 2.24) is 19.7 Å². The Morgan fingerprint density at radius 3 is 2.66 bits per heavy atom. The number of carbonyl (C=O) groups is 1. The summed E-state index contributed by atoms with van der Waals surface area (Å²) in [6, 6.07) is 11.9. The fourth-order valence-corrected chi connectivity index (χ4v) is 3.76. The molecule has 2 aromatic heterocycles. The third-order valence-corrected chi connectivity index (χ3v) is 5.23. The van der Waals surface area contributed by atoms with Crippen molar-refractivity contribution in [3.63, 3.8) is 0 Å². The average molecular weight is 390 g/mol. The lowest BCUT2D eigenvalue weighted by molar-refractivity contribution is 0.0771. The zero-order valence-electron chi connectivity index (χ0n) is 17.1. The van der Waals surface area contributed by atoms with Gasteiger partial charge in [-0.1, -0.05) is 31.5 Å². The Balaban J connectivity index is 1.54. The first-order chi connectivity index (χ1) is 14.0. The van der Waals surface area contributed by atoms with E-state index in [-0.39, 0.29) is 17.9 Å². The summed E-state index contributed by atoms with van der Waals surface area (Å²) < 4.78 is 7.86. The lowest BCUT2D eigenvalue weighted by Gasteiger charge is -2.19. The fourth-order valence-electron chi connectivity index (χ4n) is 3.76. The molecule has 3 aromatic rings. The van der Waals surface area contributed by atoms with E-state index in [0.717, 1.165) is 23.6 Å². The lowest BCUT2D eigenvalue weighted by Crippen LogP contribution is -2.31. The van der Waals surface area contributed by atoms with Crippen molar-refractivity contribution in [2.45, 2.75) is 39.2 Å². The SMILES string of the molecule is Cc1ccc(-n2ncc(C(=O)N3CCC(Oc4cccnc4)C3)c2C(C)C)cc1. The number of hydrogen-bond donors (Lipinski definition) is 0. The van der Waals surface area contributed by atoms with E-state index in [9.17, 15) is 4.79 Å². The predicted molar refractivity (Wildman–Crippen MR) is 112 cm³/mol. The molecular weight excluding hydrogens is 364 g/mol. The van der Waals surface area contributed by atoms with Gasteiger partial charge in [-0.2, -0.15) is 5.10 Å². The lowest BCUT2D eigenvalue weighted by atomic mass is 10.0. The molecule has 1 aliphatic rings. The predicted octanol–water partition coefficient (Wildman–Crippen LogP) is 3.99. The van der Waals surface area contributed by atoms with Gasteiger partial charge in [0.25, 0.3) is 5.91 Å². The number of rotatable bonds is 5. The number of ether oxygens (including phenoxy) is 1. The minimum Gasteiger partial charge on any atom is -0.487 e. The van der Waals surface area contributed by atoms with E-state index in [1.807, 2.05) is 33.8 Å². The van der Waals surface area contributed by atoms with Gasteiger partial charge in [0.05, 0.1) is 35.9 Å². The van der Waals surface area contributed by atoms with Gasteiger partial charge in [-0.25, -0.2) is 4.68 Å². The highest BCUT2D eigenvalue weighted by molar-refractivity contribution is 5.95. The van der Waals surface area contributed by atoms with Crippen molar-refractivity contribution in [2.24, 2.45) is 0 Å². The maximum absolute atomic E-state index is 13.3. The van der Waals surface area contributed by atoms with Crippen LogP contribution in [0, 0.1) is 6.92 Å². The maximum atomic E-state index is 13.3. The first-order valence-electron chi connectivity index (χ1n) is 10.0. The number of pyridine rings is 1. The molecule has 3 heterocycles. The van der Waals surface area contributed by atoms with Crippen LogP contribution in [0.4, 0.5) is 0 Å². The molecular formula is C23H26N4O2. The van der Waals surface area contributed by atoms with Gasteiger partial charge in [0.1, 0.15) is 11.9 Å². The molecule has 1 fully saturated rings. The highest BCUT2D eigenvalue weighted by atomic mass is 16.5. The van der Waals surface area contributed by atoms with E-state index in [4.69, 9.17) is 4.74 Å². The Morgan fingerprint density at radius 1 is 1.17 bits per heavy atom. The van der Waals surface area contributed by atoms with Gasteiger partial charge in [-0.05, 0) is 37.1 Å². The van der Waals surface area contributed by atoms with E-state index in [2.05, 4.69) is 43.0 Å². The number of aromatic nitrogens is 3. The normalized spacial score (nSPS) is 16.4. The summed E-state index contributed by atoms with van der Waals surface area (Å²) in [7, 11) is 0. The number of nitrogens with zero attached hydrogens (tertiary/aromatic N) is 4. The van der Waals surface area contributed by atoms with Crippen LogP contribution in [-0.4, -0.2) is 44.8 Å². The summed E-state index contributed by atoms with van der Waals surface area (Å²) in [4.78, 5) is 19.2. The molecule has 0 bridgehead atoms. The molecule has 150 valence electrons. The molecule has 1 saturated heterocycles. The van der Waals surface area contributed by atoms with E-state index in [0.29, 0.717) is 18.7 Å². The molecule has 1 amide bonds. The van der Waals surface area contributed by atoms with E-state index >= 15 is 0 Å². The smallest absolute Gasteiger partial charge is 0.257 e. The summed E-state index contributed by atoms with van der Waals surface area (Å²) in [5, 5.41) is 4.55. The van der Waals surface area contributed by atoms with E-state index in [1.165, 1.54) is 5.56 Å². The Morgan fingerprint density at radius 2 is 1.97 bits per heavy atom. The van der Waals surface area contributed by atoms with Crippen LogP contribution < -0.4 is 4.74 Å².